The van der Waals surface area contributed by atoms with Crippen molar-refractivity contribution in [2.24, 2.45) is 0 Å². The van der Waals surface area contributed by atoms with Crippen LogP contribution in [-0.2, 0) is 0 Å². The molecule has 3 aromatic rings. The number of carbonyl (C=O) groups is 1. The monoisotopic (exact) mass is 419 g/mol. The maximum Gasteiger partial charge on any atom is 0.277 e. The first-order valence-electron chi connectivity index (χ1n) is 7.03. The number of hydrogen-bond donors (Lipinski definition) is 0. The van der Waals surface area contributed by atoms with Crippen LogP contribution in [0.25, 0.3) is 11.5 Å². The molecule has 0 radical (unpaired) electrons. The van der Waals surface area contributed by atoms with Gasteiger partial charge in [0.2, 0.25) is 5.89 Å². The van der Waals surface area contributed by atoms with Crippen molar-refractivity contribution in [1.29, 1.82) is 0 Å². The van der Waals surface area contributed by atoms with Gasteiger partial charge in [-0.05, 0) is 18.2 Å². The zero-order chi connectivity index (χ0) is 17.8. The molecule has 1 aromatic heterocycles. The molecule has 0 aliphatic heterocycles. The topological polar surface area (TPSA) is 99.1 Å². The Balaban J connectivity index is 1.67. The van der Waals surface area contributed by atoms with Crippen LogP contribution in [0.15, 0.2) is 62.6 Å². The van der Waals surface area contributed by atoms with Crippen LogP contribution < -0.4 is 0 Å². The first kappa shape index (κ1) is 17.3. The van der Waals surface area contributed by atoms with E-state index in [0.717, 1.165) is 21.8 Å². The average Bonchev–Trinajstić information content (AvgIpc) is 3.09. The van der Waals surface area contributed by atoms with Gasteiger partial charge in [0, 0.05) is 27.7 Å². The molecule has 9 heteroatoms. The van der Waals surface area contributed by atoms with E-state index < -0.39 is 4.92 Å². The van der Waals surface area contributed by atoms with Crippen LogP contribution in [0.3, 0.4) is 0 Å². The van der Waals surface area contributed by atoms with Crippen molar-refractivity contribution >= 4 is 39.2 Å². The summed E-state index contributed by atoms with van der Waals surface area (Å²) in [5.41, 5.74) is 0.915. The van der Waals surface area contributed by atoms with Gasteiger partial charge in [-0.15, -0.1) is 10.2 Å². The molecule has 0 N–H and O–H groups in total. The molecule has 0 amide bonds. The number of hydrogen-bond acceptors (Lipinski definition) is 7. The highest BCUT2D eigenvalue weighted by molar-refractivity contribution is 9.10. The third-order valence-corrected chi connectivity index (χ3v) is 4.50. The van der Waals surface area contributed by atoms with Crippen LogP contribution in [0, 0.1) is 10.1 Å². The summed E-state index contributed by atoms with van der Waals surface area (Å²) in [4.78, 5) is 22.4. The lowest BCUT2D eigenvalue weighted by molar-refractivity contribution is -0.384. The molecule has 25 heavy (non-hydrogen) atoms. The number of aromatic nitrogens is 2. The van der Waals surface area contributed by atoms with Crippen LogP contribution >= 0.6 is 27.7 Å². The summed E-state index contributed by atoms with van der Waals surface area (Å²) in [5.74, 6) is 0.142. The molecule has 0 fully saturated rings. The molecule has 0 saturated carbocycles. The number of ketones is 1. The maximum atomic E-state index is 12.2. The van der Waals surface area contributed by atoms with E-state index in [2.05, 4.69) is 26.1 Å². The SMILES string of the molecule is O=C(CSc1nnc(-c2cccc(Br)c2)o1)c1cccc([N+](=O)[O-])c1. The van der Waals surface area contributed by atoms with Crippen molar-refractivity contribution in [2.45, 2.75) is 5.22 Å². The zero-order valence-corrected chi connectivity index (χ0v) is 15.0. The second-order valence-electron chi connectivity index (χ2n) is 4.90. The standard InChI is InChI=1S/C16H10BrN3O4S/c17-12-5-1-4-11(7-12)15-18-19-16(24-15)25-9-14(21)10-3-2-6-13(8-10)20(22)23/h1-8H,9H2. The molecular weight excluding hydrogens is 410 g/mol. The summed E-state index contributed by atoms with van der Waals surface area (Å²) in [6.07, 6.45) is 0. The third kappa shape index (κ3) is 4.31. The zero-order valence-electron chi connectivity index (χ0n) is 12.6. The van der Waals surface area contributed by atoms with Crippen LogP contribution in [-0.4, -0.2) is 26.7 Å². The molecule has 1 heterocycles. The fraction of sp³-hybridized carbons (Fsp3) is 0.0625. The minimum absolute atomic E-state index is 0.0429. The van der Waals surface area contributed by atoms with Crippen molar-refractivity contribution in [3.63, 3.8) is 0 Å². The molecule has 0 unspecified atom stereocenters. The Labute approximate surface area is 154 Å². The van der Waals surface area contributed by atoms with Gasteiger partial charge in [-0.1, -0.05) is 45.9 Å². The van der Waals surface area contributed by atoms with E-state index in [1.54, 1.807) is 0 Å². The molecule has 0 atom stereocenters. The Morgan fingerprint density at radius 2 is 2.00 bits per heavy atom. The quantitative estimate of drug-likeness (QED) is 0.253. The number of rotatable bonds is 6. The fourth-order valence-corrected chi connectivity index (χ4v) is 3.07. The van der Waals surface area contributed by atoms with Crippen LogP contribution in [0.1, 0.15) is 10.4 Å². The van der Waals surface area contributed by atoms with E-state index >= 15 is 0 Å². The third-order valence-electron chi connectivity index (χ3n) is 3.18. The number of carbonyl (C=O) groups excluding carboxylic acids is 1. The van der Waals surface area contributed by atoms with Gasteiger partial charge >= 0.3 is 0 Å². The van der Waals surface area contributed by atoms with E-state index in [4.69, 9.17) is 4.42 Å². The number of Topliss-reactive ketones (excluding diaryl/α,β-unsaturated/α-hetero) is 1. The Morgan fingerprint density at radius 3 is 2.76 bits per heavy atom. The van der Waals surface area contributed by atoms with E-state index in [0.29, 0.717) is 5.89 Å². The molecule has 0 spiro atoms. The first-order valence-corrected chi connectivity index (χ1v) is 8.81. The van der Waals surface area contributed by atoms with Crippen molar-refractivity contribution in [1.82, 2.24) is 10.2 Å². The molecule has 0 saturated heterocycles. The number of benzene rings is 2. The number of nitro benzene ring substituents is 1. The maximum absolute atomic E-state index is 12.2. The minimum Gasteiger partial charge on any atom is -0.411 e. The van der Waals surface area contributed by atoms with Gasteiger partial charge < -0.3 is 4.42 Å². The number of nitrogens with zero attached hydrogens (tertiary/aromatic N) is 3. The van der Waals surface area contributed by atoms with E-state index in [-0.39, 0.29) is 28.0 Å². The Kier molecular flexibility index (Phi) is 5.25. The van der Waals surface area contributed by atoms with Crippen molar-refractivity contribution < 1.29 is 14.1 Å². The lowest BCUT2D eigenvalue weighted by atomic mass is 10.1. The van der Waals surface area contributed by atoms with Gasteiger partial charge in [-0.25, -0.2) is 0 Å². The Morgan fingerprint density at radius 1 is 1.20 bits per heavy atom. The highest BCUT2D eigenvalue weighted by Gasteiger charge is 2.15. The van der Waals surface area contributed by atoms with Gasteiger partial charge in [0.15, 0.2) is 5.78 Å². The van der Waals surface area contributed by atoms with Gasteiger partial charge in [-0.2, -0.15) is 0 Å². The largest absolute Gasteiger partial charge is 0.411 e. The lowest BCUT2D eigenvalue weighted by Crippen LogP contribution is -2.03. The summed E-state index contributed by atoms with van der Waals surface area (Å²) >= 11 is 4.46. The number of non-ortho nitro benzene ring substituents is 1. The molecule has 126 valence electrons. The Hall–Kier alpha value is -2.52. The van der Waals surface area contributed by atoms with Crippen LogP contribution in [0.4, 0.5) is 5.69 Å². The predicted octanol–water partition coefficient (Wildman–Crippen LogP) is 4.38. The van der Waals surface area contributed by atoms with Gasteiger partial charge in [0.05, 0.1) is 10.7 Å². The molecule has 2 aromatic carbocycles. The highest BCUT2D eigenvalue weighted by atomic mass is 79.9. The second-order valence-corrected chi connectivity index (χ2v) is 6.75. The van der Waals surface area contributed by atoms with Crippen molar-refractivity contribution in [3.8, 4) is 11.5 Å². The molecule has 7 nitrogen and oxygen atoms in total. The smallest absolute Gasteiger partial charge is 0.277 e. The molecule has 0 bridgehead atoms. The molecular formula is C16H10BrN3O4S. The van der Waals surface area contributed by atoms with Gasteiger partial charge in [-0.3, -0.25) is 14.9 Å². The van der Waals surface area contributed by atoms with Gasteiger partial charge in [0.1, 0.15) is 0 Å². The van der Waals surface area contributed by atoms with Gasteiger partial charge in [0.25, 0.3) is 10.9 Å². The minimum atomic E-state index is -0.536. The second kappa shape index (κ2) is 7.58. The van der Waals surface area contributed by atoms with E-state index in [1.165, 1.54) is 24.3 Å². The van der Waals surface area contributed by atoms with Crippen LogP contribution in [0.2, 0.25) is 0 Å². The number of thioether (sulfide) groups is 1. The number of halogens is 1. The Bertz CT molecular complexity index is 944. The summed E-state index contributed by atoms with van der Waals surface area (Å²) in [5, 5.41) is 18.9. The average molecular weight is 420 g/mol. The highest BCUT2D eigenvalue weighted by Crippen LogP contribution is 2.26. The summed E-state index contributed by atoms with van der Waals surface area (Å²) in [6.45, 7) is 0. The van der Waals surface area contributed by atoms with Crippen LogP contribution in [0.5, 0.6) is 0 Å². The van der Waals surface area contributed by atoms with E-state index in [1.807, 2.05) is 24.3 Å². The summed E-state index contributed by atoms with van der Waals surface area (Å²) in [7, 11) is 0. The van der Waals surface area contributed by atoms with Crippen molar-refractivity contribution in [2.75, 3.05) is 5.75 Å². The van der Waals surface area contributed by atoms with Crippen molar-refractivity contribution in [3.05, 3.63) is 68.7 Å². The first-order chi connectivity index (χ1) is 12.0. The summed E-state index contributed by atoms with van der Waals surface area (Å²) in [6, 6.07) is 13.0. The lowest BCUT2D eigenvalue weighted by Gasteiger charge is -1.99. The predicted molar refractivity (Wildman–Crippen MR) is 95.6 cm³/mol. The normalized spacial score (nSPS) is 10.6. The fourth-order valence-electron chi connectivity index (χ4n) is 2.01. The molecule has 0 aliphatic rings. The molecule has 0 aliphatic carbocycles. The summed E-state index contributed by atoms with van der Waals surface area (Å²) < 4.78 is 6.42. The van der Waals surface area contributed by atoms with E-state index in [9.17, 15) is 14.9 Å². The molecule has 3 rings (SSSR count). The number of nitro groups is 1.